The van der Waals surface area contributed by atoms with E-state index in [0.717, 1.165) is 33.4 Å². The van der Waals surface area contributed by atoms with E-state index in [4.69, 9.17) is 11.6 Å². The highest BCUT2D eigenvalue weighted by molar-refractivity contribution is 9.10. The molecule has 84 valence electrons. The Morgan fingerprint density at radius 3 is 2.80 bits per heavy atom. The number of benzene rings is 1. The predicted molar refractivity (Wildman–Crippen MR) is 73.9 cm³/mol. The molecule has 0 aromatic heterocycles. The van der Waals surface area contributed by atoms with Crippen LogP contribution in [0.2, 0.25) is 5.02 Å². The van der Waals surface area contributed by atoms with Gasteiger partial charge in [0.15, 0.2) is 0 Å². The van der Waals surface area contributed by atoms with Crippen molar-refractivity contribution in [2.45, 2.75) is 25.9 Å². The minimum Gasteiger partial charge on any atom is -0.310 e. The van der Waals surface area contributed by atoms with Crippen molar-refractivity contribution >= 4 is 43.5 Å². The maximum Gasteiger partial charge on any atom is 0.0462 e. The van der Waals surface area contributed by atoms with Crippen molar-refractivity contribution in [1.29, 1.82) is 0 Å². The number of hydrogen-bond acceptors (Lipinski definition) is 1. The predicted octanol–water partition coefficient (Wildman–Crippen LogP) is 4.37. The van der Waals surface area contributed by atoms with E-state index < -0.39 is 0 Å². The number of halogens is 3. The van der Waals surface area contributed by atoms with Gasteiger partial charge in [0, 0.05) is 27.4 Å². The molecule has 1 aromatic carbocycles. The lowest BCUT2D eigenvalue weighted by molar-refractivity contribution is 0.538. The Labute approximate surface area is 113 Å². The van der Waals surface area contributed by atoms with Crippen LogP contribution in [0.3, 0.4) is 0 Å². The van der Waals surface area contributed by atoms with Crippen LogP contribution in [0.1, 0.15) is 18.9 Å². The average molecular weight is 356 g/mol. The molecular weight excluding hydrogens is 341 g/mol. The first-order chi connectivity index (χ1) is 7.13. The van der Waals surface area contributed by atoms with Crippen molar-refractivity contribution in [3.8, 4) is 0 Å². The maximum atomic E-state index is 6.11. The van der Waals surface area contributed by atoms with Crippen LogP contribution in [0.4, 0.5) is 0 Å². The van der Waals surface area contributed by atoms with E-state index in [1.807, 2.05) is 18.2 Å². The molecular formula is C11H14Br2ClN. The van der Waals surface area contributed by atoms with E-state index in [1.165, 1.54) is 0 Å². The number of hydrogen-bond donors (Lipinski definition) is 1. The topological polar surface area (TPSA) is 12.0 Å². The van der Waals surface area contributed by atoms with Crippen LogP contribution in [0.5, 0.6) is 0 Å². The van der Waals surface area contributed by atoms with Gasteiger partial charge < -0.3 is 5.32 Å². The van der Waals surface area contributed by atoms with Gasteiger partial charge >= 0.3 is 0 Å². The van der Waals surface area contributed by atoms with Crippen molar-refractivity contribution in [2.75, 3.05) is 5.33 Å². The van der Waals surface area contributed by atoms with Gasteiger partial charge in [0.05, 0.1) is 0 Å². The van der Waals surface area contributed by atoms with E-state index in [0.29, 0.717) is 6.04 Å². The van der Waals surface area contributed by atoms with Crippen molar-refractivity contribution in [2.24, 2.45) is 0 Å². The number of alkyl halides is 1. The fourth-order valence-corrected chi connectivity index (χ4v) is 2.64. The van der Waals surface area contributed by atoms with Gasteiger partial charge in [-0.3, -0.25) is 0 Å². The first-order valence-electron chi connectivity index (χ1n) is 4.86. The normalized spacial score (nSPS) is 12.8. The summed E-state index contributed by atoms with van der Waals surface area (Å²) in [4.78, 5) is 0. The van der Waals surface area contributed by atoms with E-state index >= 15 is 0 Å². The first kappa shape index (κ1) is 13.5. The lowest BCUT2D eigenvalue weighted by Crippen LogP contribution is -2.25. The molecule has 0 bridgehead atoms. The molecule has 1 aromatic rings. The summed E-state index contributed by atoms with van der Waals surface area (Å²) in [6.07, 6.45) is 1.12. The molecule has 1 rings (SSSR count). The third kappa shape index (κ3) is 4.85. The molecule has 0 saturated carbocycles. The minimum atomic E-state index is 0.504. The summed E-state index contributed by atoms with van der Waals surface area (Å²) in [5.41, 5.74) is 1.14. The van der Waals surface area contributed by atoms with Crippen LogP contribution in [0, 0.1) is 0 Å². The third-order valence-electron chi connectivity index (χ3n) is 2.20. The second-order valence-electron chi connectivity index (χ2n) is 3.50. The molecule has 1 unspecified atom stereocenters. The van der Waals surface area contributed by atoms with E-state index in [9.17, 15) is 0 Å². The zero-order valence-electron chi connectivity index (χ0n) is 8.56. The van der Waals surface area contributed by atoms with Crippen molar-refractivity contribution in [1.82, 2.24) is 5.32 Å². The van der Waals surface area contributed by atoms with Gasteiger partial charge in [-0.25, -0.2) is 0 Å². The average Bonchev–Trinajstić information content (AvgIpc) is 2.17. The maximum absolute atomic E-state index is 6.11. The SMILES string of the molecule is CC(CCBr)NCc1ccc(Br)cc1Cl. The highest BCUT2D eigenvalue weighted by Crippen LogP contribution is 2.21. The van der Waals surface area contributed by atoms with E-state index in [1.54, 1.807) is 0 Å². The Bertz CT molecular complexity index is 317. The third-order valence-corrected chi connectivity index (χ3v) is 3.50. The summed E-state index contributed by atoms with van der Waals surface area (Å²) in [7, 11) is 0. The molecule has 1 nitrogen and oxygen atoms in total. The molecule has 0 saturated heterocycles. The molecule has 4 heteroatoms. The fraction of sp³-hybridized carbons (Fsp3) is 0.455. The summed E-state index contributed by atoms with van der Waals surface area (Å²) in [6.45, 7) is 2.99. The second-order valence-corrected chi connectivity index (χ2v) is 5.61. The Kier molecular flexibility index (Phi) is 6.20. The van der Waals surface area contributed by atoms with Gasteiger partial charge in [-0.1, -0.05) is 49.5 Å². The molecule has 0 aliphatic rings. The number of rotatable bonds is 5. The molecule has 15 heavy (non-hydrogen) atoms. The van der Waals surface area contributed by atoms with Gasteiger partial charge in [-0.15, -0.1) is 0 Å². The summed E-state index contributed by atoms with van der Waals surface area (Å²) in [5.74, 6) is 0. The van der Waals surface area contributed by atoms with Gasteiger partial charge in [0.1, 0.15) is 0 Å². The summed E-state index contributed by atoms with van der Waals surface area (Å²) < 4.78 is 1.02. The molecule has 0 heterocycles. The van der Waals surface area contributed by atoms with Crippen LogP contribution < -0.4 is 5.32 Å². The van der Waals surface area contributed by atoms with Crippen LogP contribution in [0.15, 0.2) is 22.7 Å². The lowest BCUT2D eigenvalue weighted by atomic mass is 10.2. The fourth-order valence-electron chi connectivity index (χ4n) is 1.21. The Morgan fingerprint density at radius 1 is 1.47 bits per heavy atom. The van der Waals surface area contributed by atoms with Crippen LogP contribution in [-0.2, 0) is 6.54 Å². The largest absolute Gasteiger partial charge is 0.310 e. The zero-order valence-corrected chi connectivity index (χ0v) is 12.5. The van der Waals surface area contributed by atoms with Gasteiger partial charge in [-0.05, 0) is 31.0 Å². The lowest BCUT2D eigenvalue weighted by Gasteiger charge is -2.13. The molecule has 0 spiro atoms. The quantitative estimate of drug-likeness (QED) is 0.774. The molecule has 1 N–H and O–H groups in total. The molecule has 0 fully saturated rings. The van der Waals surface area contributed by atoms with Crippen molar-refractivity contribution in [3.05, 3.63) is 33.3 Å². The van der Waals surface area contributed by atoms with Crippen LogP contribution in [0.25, 0.3) is 0 Å². The minimum absolute atomic E-state index is 0.504. The van der Waals surface area contributed by atoms with Crippen LogP contribution in [-0.4, -0.2) is 11.4 Å². The monoisotopic (exact) mass is 353 g/mol. The summed E-state index contributed by atoms with van der Waals surface area (Å²) in [6, 6.07) is 6.48. The smallest absolute Gasteiger partial charge is 0.0462 e. The van der Waals surface area contributed by atoms with E-state index in [2.05, 4.69) is 44.1 Å². The highest BCUT2D eigenvalue weighted by atomic mass is 79.9. The molecule has 0 amide bonds. The van der Waals surface area contributed by atoms with Gasteiger partial charge in [-0.2, -0.15) is 0 Å². The molecule has 0 aliphatic carbocycles. The zero-order chi connectivity index (χ0) is 11.3. The highest BCUT2D eigenvalue weighted by Gasteiger charge is 2.03. The summed E-state index contributed by atoms with van der Waals surface area (Å²) >= 11 is 12.9. The van der Waals surface area contributed by atoms with Crippen molar-refractivity contribution in [3.63, 3.8) is 0 Å². The summed E-state index contributed by atoms with van der Waals surface area (Å²) in [5, 5.41) is 5.26. The van der Waals surface area contributed by atoms with Crippen molar-refractivity contribution < 1.29 is 0 Å². The molecule has 0 radical (unpaired) electrons. The standard InChI is InChI=1S/C11H14Br2ClN/c1-8(4-5-12)15-7-9-2-3-10(13)6-11(9)14/h2-3,6,8,15H,4-5,7H2,1H3. The Hall–Kier alpha value is 0.430. The second kappa shape index (κ2) is 6.89. The van der Waals surface area contributed by atoms with E-state index in [-0.39, 0.29) is 0 Å². The van der Waals surface area contributed by atoms with Gasteiger partial charge in [0.25, 0.3) is 0 Å². The van der Waals surface area contributed by atoms with Gasteiger partial charge in [0.2, 0.25) is 0 Å². The Morgan fingerprint density at radius 2 is 2.20 bits per heavy atom. The Balaban J connectivity index is 2.50. The molecule has 1 atom stereocenters. The first-order valence-corrected chi connectivity index (χ1v) is 7.16. The molecule has 0 aliphatic heterocycles. The number of nitrogens with one attached hydrogen (secondary N) is 1. The van der Waals surface area contributed by atoms with Crippen LogP contribution >= 0.6 is 43.5 Å².